The van der Waals surface area contributed by atoms with Crippen LogP contribution in [0.15, 0.2) is 30.3 Å². The molecule has 1 saturated heterocycles. The van der Waals surface area contributed by atoms with Gasteiger partial charge in [-0.1, -0.05) is 30.3 Å². The minimum atomic E-state index is -1.34. The zero-order chi connectivity index (χ0) is 29.7. The van der Waals surface area contributed by atoms with Crippen LogP contribution in [0.3, 0.4) is 0 Å². The summed E-state index contributed by atoms with van der Waals surface area (Å²) < 4.78 is 0. The fourth-order valence-electron chi connectivity index (χ4n) is 4.14. The Morgan fingerprint density at radius 3 is 2.23 bits per heavy atom. The van der Waals surface area contributed by atoms with Crippen molar-refractivity contribution in [2.24, 2.45) is 5.73 Å². The van der Waals surface area contributed by atoms with Crippen LogP contribution in [-0.2, 0) is 40.0 Å². The summed E-state index contributed by atoms with van der Waals surface area (Å²) in [5.41, 5.74) is 6.19. The number of carbonyl (C=O) groups excluding carboxylic acids is 5. The number of likely N-dealkylation sites (tertiary alicyclic amines) is 1. The Labute approximate surface area is 229 Å². The maximum atomic E-state index is 13.5. The molecular weight excluding hydrogens is 528 g/mol. The van der Waals surface area contributed by atoms with E-state index in [0.29, 0.717) is 6.42 Å². The number of carboxylic acids is 2. The zero-order valence-electron chi connectivity index (χ0n) is 21.8. The van der Waals surface area contributed by atoms with Crippen LogP contribution in [0.1, 0.15) is 31.2 Å². The monoisotopic (exact) mass is 562 g/mol. The Hall–Kier alpha value is -4.53. The first-order valence-corrected chi connectivity index (χ1v) is 12.6. The van der Waals surface area contributed by atoms with Crippen LogP contribution in [0.2, 0.25) is 0 Å². The smallest absolute Gasteiger partial charge is 0.322 e. The van der Waals surface area contributed by atoms with Crippen LogP contribution >= 0.6 is 0 Å². The highest BCUT2D eigenvalue weighted by molar-refractivity contribution is 5.95. The lowest BCUT2D eigenvalue weighted by Gasteiger charge is -2.30. The average molecular weight is 563 g/mol. The van der Waals surface area contributed by atoms with E-state index < -0.39 is 79.1 Å². The number of nitrogens with one attached hydrogen (secondary N) is 4. The number of nitrogens with zero attached hydrogens (tertiary/aromatic N) is 1. The van der Waals surface area contributed by atoms with Gasteiger partial charge in [-0.2, -0.15) is 0 Å². The third-order valence-corrected chi connectivity index (χ3v) is 6.08. The first-order chi connectivity index (χ1) is 19.0. The van der Waals surface area contributed by atoms with Gasteiger partial charge in [0.1, 0.15) is 24.7 Å². The summed E-state index contributed by atoms with van der Waals surface area (Å²) in [6.45, 7) is -1.37. The molecule has 1 aliphatic rings. The molecule has 3 atom stereocenters. The van der Waals surface area contributed by atoms with Crippen LogP contribution < -0.4 is 27.0 Å². The van der Waals surface area contributed by atoms with Crippen LogP contribution in [0.5, 0.6) is 0 Å². The fourth-order valence-corrected chi connectivity index (χ4v) is 4.14. The molecule has 1 aliphatic heterocycles. The van der Waals surface area contributed by atoms with Crippen molar-refractivity contribution in [2.45, 2.75) is 50.2 Å². The van der Waals surface area contributed by atoms with Gasteiger partial charge < -0.3 is 42.1 Å². The molecule has 40 heavy (non-hydrogen) atoms. The summed E-state index contributed by atoms with van der Waals surface area (Å²) >= 11 is 0. The van der Waals surface area contributed by atoms with Crippen molar-refractivity contribution >= 4 is 41.5 Å². The largest absolute Gasteiger partial charge is 0.481 e. The average Bonchev–Trinajstić information content (AvgIpc) is 3.42. The molecule has 1 aromatic carbocycles. The van der Waals surface area contributed by atoms with Crippen LogP contribution in [0.25, 0.3) is 0 Å². The SMILES string of the molecule is NCC(=O)NC(Cc1ccccc1)C(=O)N1CCCC1C(=O)NC(CCC(=O)O)C(=O)NCC(=O)NCC(=O)O. The van der Waals surface area contributed by atoms with E-state index in [9.17, 15) is 33.6 Å². The van der Waals surface area contributed by atoms with Gasteiger partial charge in [0, 0.05) is 19.4 Å². The van der Waals surface area contributed by atoms with E-state index in [2.05, 4.69) is 21.3 Å². The second kappa shape index (κ2) is 15.8. The van der Waals surface area contributed by atoms with Crippen LogP contribution in [0.4, 0.5) is 0 Å². The van der Waals surface area contributed by atoms with E-state index in [1.165, 1.54) is 4.90 Å². The highest BCUT2D eigenvalue weighted by Gasteiger charge is 2.39. The molecular formula is C25H34N6O9. The van der Waals surface area contributed by atoms with Crippen LogP contribution in [-0.4, -0.2) is 101 Å². The summed E-state index contributed by atoms with van der Waals surface area (Å²) in [6, 6.07) is 5.62. The molecule has 15 nitrogen and oxygen atoms in total. The van der Waals surface area contributed by atoms with Gasteiger partial charge in [-0.3, -0.25) is 33.6 Å². The predicted octanol–water partition coefficient (Wildman–Crippen LogP) is -2.67. The van der Waals surface area contributed by atoms with Crippen molar-refractivity contribution in [2.75, 3.05) is 26.2 Å². The molecule has 3 unspecified atom stereocenters. The Balaban J connectivity index is 2.12. The van der Waals surface area contributed by atoms with E-state index in [4.69, 9.17) is 15.9 Å². The summed E-state index contributed by atoms with van der Waals surface area (Å²) in [4.78, 5) is 86.1. The summed E-state index contributed by atoms with van der Waals surface area (Å²) in [6.07, 6.45) is 0.131. The molecule has 0 aliphatic carbocycles. The van der Waals surface area contributed by atoms with Gasteiger partial charge >= 0.3 is 11.9 Å². The molecule has 1 heterocycles. The van der Waals surface area contributed by atoms with E-state index in [-0.39, 0.29) is 32.4 Å². The molecule has 5 amide bonds. The molecule has 0 aromatic heterocycles. The van der Waals surface area contributed by atoms with Crippen molar-refractivity contribution in [1.29, 1.82) is 0 Å². The van der Waals surface area contributed by atoms with Gasteiger partial charge in [0.2, 0.25) is 29.5 Å². The first-order valence-electron chi connectivity index (χ1n) is 12.6. The third kappa shape index (κ3) is 10.3. The predicted molar refractivity (Wildman–Crippen MR) is 138 cm³/mol. The van der Waals surface area contributed by atoms with E-state index in [1.54, 1.807) is 30.3 Å². The van der Waals surface area contributed by atoms with E-state index >= 15 is 0 Å². The van der Waals surface area contributed by atoms with Gasteiger partial charge in [-0.05, 0) is 24.8 Å². The maximum absolute atomic E-state index is 13.5. The third-order valence-electron chi connectivity index (χ3n) is 6.08. The summed E-state index contributed by atoms with van der Waals surface area (Å²) in [7, 11) is 0. The number of carbonyl (C=O) groups is 7. The number of aliphatic carboxylic acids is 2. The lowest BCUT2D eigenvalue weighted by atomic mass is 10.0. The standard InChI is InChI=1S/C25H34N6O9/c26-12-19(32)29-17(11-15-5-2-1-3-6-15)25(40)31-10-4-7-18(31)24(39)30-16(8-9-21(34)35)23(38)28-13-20(33)27-14-22(36)37/h1-3,5-6,16-18H,4,7-14,26H2,(H,27,33)(H,28,38)(H,29,32)(H,30,39)(H,34,35)(H,36,37). The highest BCUT2D eigenvalue weighted by atomic mass is 16.4. The Kier molecular flexibility index (Phi) is 12.5. The second-order valence-corrected chi connectivity index (χ2v) is 9.09. The molecule has 0 radical (unpaired) electrons. The number of benzene rings is 1. The lowest BCUT2D eigenvalue weighted by molar-refractivity contribution is -0.142. The number of hydrogen-bond donors (Lipinski definition) is 7. The molecule has 15 heteroatoms. The van der Waals surface area contributed by atoms with E-state index in [1.807, 2.05) is 0 Å². The summed E-state index contributed by atoms with van der Waals surface area (Å²) in [5.74, 6) is -5.91. The molecule has 0 spiro atoms. The minimum Gasteiger partial charge on any atom is -0.481 e. The highest BCUT2D eigenvalue weighted by Crippen LogP contribution is 2.20. The fraction of sp³-hybridized carbons (Fsp3) is 0.480. The van der Waals surface area contributed by atoms with E-state index in [0.717, 1.165) is 5.56 Å². The van der Waals surface area contributed by atoms with Gasteiger partial charge in [-0.25, -0.2) is 0 Å². The first kappa shape index (κ1) is 31.7. The molecule has 0 bridgehead atoms. The normalized spacial score (nSPS) is 15.8. The molecule has 218 valence electrons. The number of amides is 5. The van der Waals surface area contributed by atoms with Crippen molar-refractivity contribution in [3.8, 4) is 0 Å². The molecule has 8 N–H and O–H groups in total. The number of carboxylic acid groups (broad SMARTS) is 2. The van der Waals surface area contributed by atoms with Crippen molar-refractivity contribution < 1.29 is 43.8 Å². The molecule has 1 aromatic rings. The lowest BCUT2D eigenvalue weighted by Crippen LogP contribution is -2.57. The Morgan fingerprint density at radius 1 is 0.900 bits per heavy atom. The topological polar surface area (TPSA) is 237 Å². The maximum Gasteiger partial charge on any atom is 0.322 e. The van der Waals surface area contributed by atoms with Crippen LogP contribution in [0, 0.1) is 0 Å². The van der Waals surface area contributed by atoms with Gasteiger partial charge in [0.05, 0.1) is 13.1 Å². The molecule has 2 rings (SSSR count). The Morgan fingerprint density at radius 2 is 1.60 bits per heavy atom. The molecule has 1 fully saturated rings. The van der Waals surface area contributed by atoms with Gasteiger partial charge in [0.15, 0.2) is 0 Å². The van der Waals surface area contributed by atoms with Gasteiger partial charge in [-0.15, -0.1) is 0 Å². The number of rotatable bonds is 15. The van der Waals surface area contributed by atoms with Gasteiger partial charge in [0.25, 0.3) is 0 Å². The van der Waals surface area contributed by atoms with Crippen molar-refractivity contribution in [1.82, 2.24) is 26.2 Å². The second-order valence-electron chi connectivity index (χ2n) is 9.09. The Bertz CT molecular complexity index is 1100. The molecule has 0 saturated carbocycles. The zero-order valence-corrected chi connectivity index (χ0v) is 21.8. The number of hydrogen-bond acceptors (Lipinski definition) is 8. The van der Waals surface area contributed by atoms with Crippen molar-refractivity contribution in [3.05, 3.63) is 35.9 Å². The number of nitrogens with two attached hydrogens (primary N) is 1. The summed E-state index contributed by atoms with van der Waals surface area (Å²) in [5, 5.41) is 27.0. The quantitative estimate of drug-likeness (QED) is 0.117. The van der Waals surface area contributed by atoms with Crippen molar-refractivity contribution in [3.63, 3.8) is 0 Å². The minimum absolute atomic E-state index is 0.157.